The van der Waals surface area contributed by atoms with E-state index in [0.29, 0.717) is 0 Å². The number of hydrogen-bond donors (Lipinski definition) is 3. The molecule has 0 bridgehead atoms. The fourth-order valence-electron chi connectivity index (χ4n) is 1.02. The number of amides is 1. The molecule has 5 heteroatoms. The van der Waals surface area contributed by atoms with Crippen LogP contribution in [0, 0.1) is 5.82 Å². The Morgan fingerprint density at radius 3 is 2.87 bits per heavy atom. The Balaban J connectivity index is 2.78. The second-order valence-electron chi connectivity index (χ2n) is 3.29. The van der Waals surface area contributed by atoms with Gasteiger partial charge < -0.3 is 16.2 Å². The Morgan fingerprint density at radius 1 is 1.67 bits per heavy atom. The van der Waals surface area contributed by atoms with Crippen molar-refractivity contribution in [2.75, 3.05) is 12.3 Å². The van der Waals surface area contributed by atoms with E-state index < -0.39 is 11.7 Å². The van der Waals surface area contributed by atoms with Crippen LogP contribution in [0.25, 0.3) is 0 Å². The molecule has 15 heavy (non-hydrogen) atoms. The third kappa shape index (κ3) is 2.92. The van der Waals surface area contributed by atoms with Crippen molar-refractivity contribution < 1.29 is 14.3 Å². The average molecular weight is 212 g/mol. The first-order valence-corrected chi connectivity index (χ1v) is 4.51. The maximum atomic E-state index is 13.0. The van der Waals surface area contributed by atoms with E-state index in [-0.39, 0.29) is 23.9 Å². The van der Waals surface area contributed by atoms with Crippen LogP contribution in [0.1, 0.15) is 17.3 Å². The fourth-order valence-corrected chi connectivity index (χ4v) is 1.02. The number of nitrogens with one attached hydrogen (secondary N) is 1. The standard InChI is InChI=1S/C10H13FN2O2/c1-6(5-14)13-10(15)7-2-3-9(12)8(11)4-7/h2-4,6,14H,5,12H2,1H3,(H,13,15). The van der Waals surface area contributed by atoms with E-state index in [2.05, 4.69) is 5.32 Å². The molecular formula is C10H13FN2O2. The third-order valence-electron chi connectivity index (χ3n) is 1.91. The van der Waals surface area contributed by atoms with Crippen LogP contribution in [0.4, 0.5) is 10.1 Å². The highest BCUT2D eigenvalue weighted by Gasteiger charge is 2.10. The third-order valence-corrected chi connectivity index (χ3v) is 1.91. The summed E-state index contributed by atoms with van der Waals surface area (Å²) in [5, 5.41) is 11.2. The molecular weight excluding hydrogens is 199 g/mol. The van der Waals surface area contributed by atoms with Crippen LogP contribution in [0.2, 0.25) is 0 Å². The second-order valence-corrected chi connectivity index (χ2v) is 3.29. The van der Waals surface area contributed by atoms with Crippen LogP contribution in [0.5, 0.6) is 0 Å². The van der Waals surface area contributed by atoms with Crippen molar-refractivity contribution in [3.63, 3.8) is 0 Å². The van der Waals surface area contributed by atoms with Crippen LogP contribution in [0.15, 0.2) is 18.2 Å². The molecule has 4 nitrogen and oxygen atoms in total. The van der Waals surface area contributed by atoms with Gasteiger partial charge in [-0.05, 0) is 25.1 Å². The van der Waals surface area contributed by atoms with Crippen molar-refractivity contribution in [3.8, 4) is 0 Å². The lowest BCUT2D eigenvalue weighted by Crippen LogP contribution is -2.35. The molecule has 0 aliphatic heterocycles. The van der Waals surface area contributed by atoms with Crippen LogP contribution >= 0.6 is 0 Å². The van der Waals surface area contributed by atoms with Gasteiger partial charge in [0, 0.05) is 11.6 Å². The molecule has 4 N–H and O–H groups in total. The molecule has 1 aromatic rings. The highest BCUT2D eigenvalue weighted by atomic mass is 19.1. The molecule has 0 fully saturated rings. The van der Waals surface area contributed by atoms with Crippen molar-refractivity contribution in [3.05, 3.63) is 29.6 Å². The van der Waals surface area contributed by atoms with E-state index in [0.717, 1.165) is 6.07 Å². The van der Waals surface area contributed by atoms with Crippen molar-refractivity contribution in [2.24, 2.45) is 0 Å². The molecule has 0 aromatic heterocycles. The van der Waals surface area contributed by atoms with Gasteiger partial charge in [-0.25, -0.2) is 4.39 Å². The summed E-state index contributed by atoms with van der Waals surface area (Å²) < 4.78 is 13.0. The van der Waals surface area contributed by atoms with Gasteiger partial charge >= 0.3 is 0 Å². The van der Waals surface area contributed by atoms with Gasteiger partial charge in [0.25, 0.3) is 5.91 Å². The molecule has 0 aliphatic rings. The summed E-state index contributed by atoms with van der Waals surface area (Å²) in [4.78, 5) is 11.4. The van der Waals surface area contributed by atoms with E-state index in [1.54, 1.807) is 6.92 Å². The van der Waals surface area contributed by atoms with Crippen molar-refractivity contribution in [2.45, 2.75) is 13.0 Å². The Hall–Kier alpha value is -1.62. The van der Waals surface area contributed by atoms with Gasteiger partial charge in [-0.15, -0.1) is 0 Å². The maximum absolute atomic E-state index is 13.0. The van der Waals surface area contributed by atoms with Crippen molar-refractivity contribution in [1.82, 2.24) is 5.32 Å². The number of aliphatic hydroxyl groups excluding tert-OH is 1. The predicted molar refractivity (Wildman–Crippen MR) is 54.8 cm³/mol. The number of hydrogen-bond acceptors (Lipinski definition) is 3. The Kier molecular flexibility index (Phi) is 3.62. The van der Waals surface area contributed by atoms with Crippen LogP contribution in [0.3, 0.4) is 0 Å². The molecule has 0 aliphatic carbocycles. The second kappa shape index (κ2) is 4.75. The number of rotatable bonds is 3. The van der Waals surface area contributed by atoms with Gasteiger partial charge in [-0.2, -0.15) is 0 Å². The summed E-state index contributed by atoms with van der Waals surface area (Å²) in [6, 6.07) is 3.46. The molecule has 1 rings (SSSR count). The molecule has 1 unspecified atom stereocenters. The number of carbonyl (C=O) groups excluding carboxylic acids is 1. The predicted octanol–water partition coefficient (Wildman–Crippen LogP) is 0.519. The smallest absolute Gasteiger partial charge is 0.251 e. The monoisotopic (exact) mass is 212 g/mol. The largest absolute Gasteiger partial charge is 0.396 e. The molecule has 1 amide bonds. The number of aliphatic hydroxyl groups is 1. The number of nitrogens with two attached hydrogens (primary N) is 1. The molecule has 0 heterocycles. The zero-order valence-electron chi connectivity index (χ0n) is 8.33. The lowest BCUT2D eigenvalue weighted by atomic mass is 10.2. The number of halogens is 1. The maximum Gasteiger partial charge on any atom is 0.251 e. The summed E-state index contributed by atoms with van der Waals surface area (Å²) in [5.41, 5.74) is 5.45. The van der Waals surface area contributed by atoms with Crippen molar-refractivity contribution in [1.29, 1.82) is 0 Å². The zero-order chi connectivity index (χ0) is 11.4. The Morgan fingerprint density at radius 2 is 2.33 bits per heavy atom. The van der Waals surface area contributed by atoms with E-state index in [9.17, 15) is 9.18 Å². The topological polar surface area (TPSA) is 75.3 Å². The average Bonchev–Trinajstić information content (AvgIpc) is 2.21. The summed E-state index contributed by atoms with van der Waals surface area (Å²) >= 11 is 0. The molecule has 1 atom stereocenters. The summed E-state index contributed by atoms with van der Waals surface area (Å²) in [6.07, 6.45) is 0. The van der Waals surface area contributed by atoms with Crippen LogP contribution in [-0.4, -0.2) is 23.7 Å². The zero-order valence-corrected chi connectivity index (χ0v) is 8.33. The van der Waals surface area contributed by atoms with Gasteiger partial charge in [0.1, 0.15) is 5.82 Å². The molecule has 82 valence electrons. The van der Waals surface area contributed by atoms with Crippen LogP contribution in [-0.2, 0) is 0 Å². The SMILES string of the molecule is CC(CO)NC(=O)c1ccc(N)c(F)c1. The fraction of sp³-hybridized carbons (Fsp3) is 0.300. The first-order chi connectivity index (χ1) is 7.04. The molecule has 0 saturated carbocycles. The minimum absolute atomic E-state index is 0.00163. The Bertz CT molecular complexity index is 368. The summed E-state index contributed by atoms with van der Waals surface area (Å²) in [7, 11) is 0. The van der Waals surface area contributed by atoms with Gasteiger partial charge in [-0.3, -0.25) is 4.79 Å². The van der Waals surface area contributed by atoms with E-state index in [1.807, 2.05) is 0 Å². The van der Waals surface area contributed by atoms with Gasteiger partial charge in [0.05, 0.1) is 12.3 Å². The Labute approximate surface area is 86.9 Å². The molecule has 0 saturated heterocycles. The van der Waals surface area contributed by atoms with Gasteiger partial charge in [0.15, 0.2) is 0 Å². The minimum Gasteiger partial charge on any atom is -0.396 e. The quantitative estimate of drug-likeness (QED) is 0.639. The van der Waals surface area contributed by atoms with Crippen molar-refractivity contribution >= 4 is 11.6 Å². The number of anilines is 1. The van der Waals surface area contributed by atoms with E-state index in [1.165, 1.54) is 12.1 Å². The first kappa shape index (κ1) is 11.5. The molecule has 1 aromatic carbocycles. The van der Waals surface area contributed by atoms with Gasteiger partial charge in [0.2, 0.25) is 0 Å². The number of benzene rings is 1. The lowest BCUT2D eigenvalue weighted by molar-refractivity contribution is 0.0922. The molecule has 0 radical (unpaired) electrons. The van der Waals surface area contributed by atoms with E-state index in [4.69, 9.17) is 10.8 Å². The van der Waals surface area contributed by atoms with Gasteiger partial charge in [-0.1, -0.05) is 0 Å². The highest BCUT2D eigenvalue weighted by Crippen LogP contribution is 2.11. The number of nitrogen functional groups attached to an aromatic ring is 1. The minimum atomic E-state index is -0.626. The molecule has 0 spiro atoms. The first-order valence-electron chi connectivity index (χ1n) is 4.51. The number of carbonyl (C=O) groups is 1. The normalized spacial score (nSPS) is 12.2. The summed E-state index contributed by atoms with van der Waals surface area (Å²) in [5.74, 6) is -1.06. The van der Waals surface area contributed by atoms with Crippen LogP contribution < -0.4 is 11.1 Å². The summed E-state index contributed by atoms with van der Waals surface area (Å²) in [6.45, 7) is 1.48. The highest BCUT2D eigenvalue weighted by molar-refractivity contribution is 5.94. The van der Waals surface area contributed by atoms with E-state index >= 15 is 0 Å². The lowest BCUT2D eigenvalue weighted by Gasteiger charge is -2.10.